The van der Waals surface area contributed by atoms with Gasteiger partial charge >= 0.3 is 0 Å². The SMILES string of the molecule is O=C1c2ccccc2C(=O)c2c1ccc(CBr)c2O. The van der Waals surface area contributed by atoms with Gasteiger partial charge in [0.15, 0.2) is 11.6 Å². The van der Waals surface area contributed by atoms with E-state index in [2.05, 4.69) is 15.9 Å². The molecule has 2 aromatic carbocycles. The summed E-state index contributed by atoms with van der Waals surface area (Å²) in [5.41, 5.74) is 1.72. The third kappa shape index (κ3) is 1.64. The molecule has 0 spiro atoms. The van der Waals surface area contributed by atoms with Crippen LogP contribution in [0.25, 0.3) is 0 Å². The Hall–Kier alpha value is -1.94. The van der Waals surface area contributed by atoms with Crippen molar-refractivity contribution in [3.63, 3.8) is 0 Å². The van der Waals surface area contributed by atoms with E-state index in [0.29, 0.717) is 22.0 Å². The van der Waals surface area contributed by atoms with Gasteiger partial charge in [0.1, 0.15) is 5.75 Å². The molecule has 1 aliphatic rings. The van der Waals surface area contributed by atoms with Gasteiger partial charge < -0.3 is 5.11 Å². The standard InChI is InChI=1S/C15H9BrO3/c16-7-8-5-6-11-12(13(8)17)15(19)10-4-2-1-3-9(10)14(11)18/h1-6,17H,7H2. The van der Waals surface area contributed by atoms with Crippen molar-refractivity contribution in [1.82, 2.24) is 0 Å². The van der Waals surface area contributed by atoms with Crippen molar-refractivity contribution in [2.75, 3.05) is 0 Å². The number of hydrogen-bond donors (Lipinski definition) is 1. The minimum absolute atomic E-state index is 0.109. The van der Waals surface area contributed by atoms with Crippen LogP contribution in [0.3, 0.4) is 0 Å². The first-order valence-electron chi connectivity index (χ1n) is 5.74. The summed E-state index contributed by atoms with van der Waals surface area (Å²) in [4.78, 5) is 24.7. The third-order valence-electron chi connectivity index (χ3n) is 3.29. The molecule has 0 saturated carbocycles. The van der Waals surface area contributed by atoms with Crippen LogP contribution in [0, 0.1) is 0 Å². The number of fused-ring (bicyclic) bond motifs is 2. The Morgan fingerprint density at radius 2 is 1.53 bits per heavy atom. The van der Waals surface area contributed by atoms with Gasteiger partial charge in [0.2, 0.25) is 0 Å². The number of ketones is 2. The molecule has 1 N–H and O–H groups in total. The van der Waals surface area contributed by atoms with Crippen molar-refractivity contribution in [2.45, 2.75) is 5.33 Å². The topological polar surface area (TPSA) is 54.4 Å². The lowest BCUT2D eigenvalue weighted by molar-refractivity contribution is 0.0976. The lowest BCUT2D eigenvalue weighted by Gasteiger charge is -2.19. The van der Waals surface area contributed by atoms with Crippen LogP contribution in [-0.2, 0) is 5.33 Å². The average molecular weight is 317 g/mol. The molecular formula is C15H9BrO3. The van der Waals surface area contributed by atoms with E-state index in [-0.39, 0.29) is 28.4 Å². The summed E-state index contributed by atoms with van der Waals surface area (Å²) in [5.74, 6) is -0.630. The van der Waals surface area contributed by atoms with E-state index in [1.807, 2.05) is 0 Å². The number of alkyl halides is 1. The van der Waals surface area contributed by atoms with Crippen molar-refractivity contribution in [1.29, 1.82) is 0 Å². The van der Waals surface area contributed by atoms with Crippen molar-refractivity contribution in [3.05, 3.63) is 64.2 Å². The predicted molar refractivity (Wildman–Crippen MR) is 74.0 cm³/mol. The van der Waals surface area contributed by atoms with Gasteiger partial charge in [-0.25, -0.2) is 0 Å². The molecule has 0 aliphatic heterocycles. The van der Waals surface area contributed by atoms with E-state index in [9.17, 15) is 14.7 Å². The van der Waals surface area contributed by atoms with Crippen LogP contribution in [-0.4, -0.2) is 16.7 Å². The third-order valence-corrected chi connectivity index (χ3v) is 3.90. The molecule has 0 bridgehead atoms. The first-order valence-corrected chi connectivity index (χ1v) is 6.86. The molecule has 3 rings (SSSR count). The molecule has 94 valence electrons. The minimum Gasteiger partial charge on any atom is -0.507 e. The number of aromatic hydroxyl groups is 1. The summed E-state index contributed by atoms with van der Waals surface area (Å²) in [6, 6.07) is 9.93. The van der Waals surface area contributed by atoms with Crippen LogP contribution in [0.2, 0.25) is 0 Å². The van der Waals surface area contributed by atoms with Crippen LogP contribution >= 0.6 is 15.9 Å². The summed E-state index contributed by atoms with van der Waals surface area (Å²) < 4.78 is 0. The smallest absolute Gasteiger partial charge is 0.198 e. The van der Waals surface area contributed by atoms with Crippen molar-refractivity contribution in [2.24, 2.45) is 0 Å². The first-order chi connectivity index (χ1) is 9.15. The van der Waals surface area contributed by atoms with Crippen molar-refractivity contribution < 1.29 is 14.7 Å². The summed E-state index contributed by atoms with van der Waals surface area (Å²) >= 11 is 3.25. The Bertz CT molecular complexity index is 719. The Kier molecular flexibility index (Phi) is 2.75. The van der Waals surface area contributed by atoms with Crippen LogP contribution in [0.5, 0.6) is 5.75 Å². The second-order valence-electron chi connectivity index (χ2n) is 4.33. The summed E-state index contributed by atoms with van der Waals surface area (Å²) in [7, 11) is 0. The van der Waals surface area contributed by atoms with Gasteiger partial charge in [-0.15, -0.1) is 0 Å². The number of halogens is 1. The molecular weight excluding hydrogens is 308 g/mol. The van der Waals surface area contributed by atoms with Crippen molar-refractivity contribution >= 4 is 27.5 Å². The summed E-state index contributed by atoms with van der Waals surface area (Å²) in [6.45, 7) is 0. The number of carbonyl (C=O) groups excluding carboxylic acids is 2. The van der Waals surface area contributed by atoms with Crippen LogP contribution in [0.1, 0.15) is 37.4 Å². The number of rotatable bonds is 1. The molecule has 3 nitrogen and oxygen atoms in total. The number of benzene rings is 2. The fourth-order valence-corrected chi connectivity index (χ4v) is 2.77. The van der Waals surface area contributed by atoms with E-state index < -0.39 is 0 Å². The summed E-state index contributed by atoms with van der Waals surface area (Å²) in [6.07, 6.45) is 0. The zero-order valence-electron chi connectivity index (χ0n) is 9.81. The highest BCUT2D eigenvalue weighted by molar-refractivity contribution is 9.08. The molecule has 0 saturated heterocycles. The largest absolute Gasteiger partial charge is 0.507 e. The lowest BCUT2D eigenvalue weighted by atomic mass is 9.83. The Labute approximate surface area is 118 Å². The maximum Gasteiger partial charge on any atom is 0.198 e. The van der Waals surface area contributed by atoms with Gasteiger partial charge in [0, 0.05) is 27.6 Å². The monoisotopic (exact) mass is 316 g/mol. The number of phenolic OH excluding ortho intramolecular Hbond substituents is 1. The predicted octanol–water partition coefficient (Wildman–Crippen LogP) is 3.06. The molecule has 19 heavy (non-hydrogen) atoms. The quantitative estimate of drug-likeness (QED) is 0.702. The Balaban J connectivity index is 2.33. The van der Waals surface area contributed by atoms with Gasteiger partial charge in [-0.1, -0.05) is 46.3 Å². The van der Waals surface area contributed by atoms with Gasteiger partial charge in [0.25, 0.3) is 0 Å². The van der Waals surface area contributed by atoms with Gasteiger partial charge in [-0.05, 0) is 6.07 Å². The molecule has 0 fully saturated rings. The van der Waals surface area contributed by atoms with Gasteiger partial charge in [-0.2, -0.15) is 0 Å². The molecule has 4 heteroatoms. The van der Waals surface area contributed by atoms with E-state index in [1.54, 1.807) is 36.4 Å². The molecule has 2 aromatic rings. The maximum atomic E-state index is 12.4. The second kappa shape index (κ2) is 4.31. The molecule has 1 aliphatic carbocycles. The highest BCUT2D eigenvalue weighted by Crippen LogP contribution is 2.35. The average Bonchev–Trinajstić information content (AvgIpc) is 2.44. The highest BCUT2D eigenvalue weighted by Gasteiger charge is 2.32. The molecule has 0 aromatic heterocycles. The molecule has 0 amide bonds. The van der Waals surface area contributed by atoms with E-state index in [0.717, 1.165) is 0 Å². The van der Waals surface area contributed by atoms with E-state index in [1.165, 1.54) is 0 Å². The van der Waals surface area contributed by atoms with Crippen molar-refractivity contribution in [3.8, 4) is 5.75 Å². The molecule has 0 radical (unpaired) electrons. The number of carbonyl (C=O) groups is 2. The number of phenols is 1. The normalized spacial score (nSPS) is 13.1. The summed E-state index contributed by atoms with van der Waals surface area (Å²) in [5, 5.41) is 10.6. The highest BCUT2D eigenvalue weighted by atomic mass is 79.9. The molecule has 0 unspecified atom stereocenters. The first kappa shape index (κ1) is 12.1. The van der Waals surface area contributed by atoms with Crippen LogP contribution < -0.4 is 0 Å². The number of hydrogen-bond acceptors (Lipinski definition) is 3. The van der Waals surface area contributed by atoms with Gasteiger partial charge in [-0.3, -0.25) is 9.59 Å². The Morgan fingerprint density at radius 1 is 0.895 bits per heavy atom. The zero-order chi connectivity index (χ0) is 13.6. The fraction of sp³-hybridized carbons (Fsp3) is 0.0667. The van der Waals surface area contributed by atoms with Crippen LogP contribution in [0.4, 0.5) is 0 Å². The van der Waals surface area contributed by atoms with E-state index >= 15 is 0 Å². The lowest BCUT2D eigenvalue weighted by Crippen LogP contribution is -2.21. The van der Waals surface area contributed by atoms with Crippen LogP contribution in [0.15, 0.2) is 36.4 Å². The maximum absolute atomic E-state index is 12.4. The fourth-order valence-electron chi connectivity index (χ4n) is 2.32. The minimum atomic E-state index is -0.300. The zero-order valence-corrected chi connectivity index (χ0v) is 11.4. The molecule has 0 heterocycles. The van der Waals surface area contributed by atoms with Gasteiger partial charge in [0.05, 0.1) is 5.56 Å². The second-order valence-corrected chi connectivity index (χ2v) is 4.89. The van der Waals surface area contributed by atoms with E-state index in [4.69, 9.17) is 0 Å². The molecule has 0 atom stereocenters. The Morgan fingerprint density at radius 3 is 2.16 bits per heavy atom.